The van der Waals surface area contributed by atoms with Gasteiger partial charge in [0.25, 0.3) is 0 Å². The van der Waals surface area contributed by atoms with E-state index in [9.17, 15) is 4.79 Å². The Balaban J connectivity index is 0.00000200. The van der Waals surface area contributed by atoms with Gasteiger partial charge in [-0.05, 0) is 42.7 Å². The van der Waals surface area contributed by atoms with Gasteiger partial charge in [0.05, 0.1) is 11.6 Å². The van der Waals surface area contributed by atoms with Gasteiger partial charge < -0.3 is 11.1 Å². The topological polar surface area (TPSA) is 68.0 Å². The van der Waals surface area contributed by atoms with E-state index >= 15 is 0 Å². The average Bonchev–Trinajstić information content (AvgIpc) is 2.44. The number of pyridine rings is 1. The number of thioether (sulfide) groups is 1. The van der Waals surface area contributed by atoms with Crippen molar-refractivity contribution >= 4 is 46.7 Å². The number of rotatable bonds is 5. The minimum absolute atomic E-state index is 0. The van der Waals surface area contributed by atoms with Crippen LogP contribution in [0.5, 0.6) is 0 Å². The largest absolute Gasteiger partial charge is 0.325 e. The smallest absolute Gasteiger partial charge is 0.241 e. The summed E-state index contributed by atoms with van der Waals surface area (Å²) >= 11 is 1.69. The summed E-state index contributed by atoms with van der Waals surface area (Å²) in [4.78, 5) is 16.1. The van der Waals surface area contributed by atoms with Crippen molar-refractivity contribution in [2.24, 2.45) is 5.73 Å². The van der Waals surface area contributed by atoms with Gasteiger partial charge in [0.1, 0.15) is 0 Å². The molecule has 3 N–H and O–H groups in total. The Morgan fingerprint density at radius 3 is 3.00 bits per heavy atom. The van der Waals surface area contributed by atoms with Gasteiger partial charge in [0, 0.05) is 17.3 Å². The van der Waals surface area contributed by atoms with Gasteiger partial charge in [-0.2, -0.15) is 11.8 Å². The molecule has 0 saturated heterocycles. The summed E-state index contributed by atoms with van der Waals surface area (Å²) in [5.74, 6) is 0.744. The van der Waals surface area contributed by atoms with E-state index in [0.717, 1.165) is 22.3 Å². The van der Waals surface area contributed by atoms with Crippen LogP contribution in [0.1, 0.15) is 6.42 Å². The molecule has 0 radical (unpaired) electrons. The number of nitrogens with two attached hydrogens (primary N) is 1. The monoisotopic (exact) mass is 311 g/mol. The number of aromatic nitrogens is 1. The number of carbonyl (C=O) groups excluding carboxylic acids is 1. The predicted octanol–water partition coefficient (Wildman–Crippen LogP) is 2.68. The number of halogens is 1. The third-order valence-corrected chi connectivity index (χ3v) is 3.48. The van der Waals surface area contributed by atoms with Crippen LogP contribution in [0.25, 0.3) is 10.9 Å². The molecule has 1 aromatic carbocycles. The van der Waals surface area contributed by atoms with Crippen molar-refractivity contribution in [3.63, 3.8) is 0 Å². The van der Waals surface area contributed by atoms with E-state index in [1.165, 1.54) is 0 Å². The molecule has 0 bridgehead atoms. The molecule has 0 aliphatic heterocycles. The molecule has 0 aliphatic carbocycles. The Bertz CT molecular complexity index is 579. The van der Waals surface area contributed by atoms with Crippen molar-refractivity contribution in [3.05, 3.63) is 36.5 Å². The minimum Gasteiger partial charge on any atom is -0.325 e. The molecule has 0 spiro atoms. The fourth-order valence-corrected chi connectivity index (χ4v) is 2.25. The maximum atomic E-state index is 11.9. The standard InChI is InChI=1S/C14H17N3OS.ClH/c1-19-8-6-12(15)14(18)17-11-4-5-13-10(9-11)3-2-7-16-13;/h2-5,7,9,12H,6,8,15H2,1H3,(H,17,18);1H/t12-;/m0./s1. The number of fused-ring (bicyclic) bond motifs is 1. The Kier molecular flexibility index (Phi) is 6.78. The van der Waals surface area contributed by atoms with Crippen LogP contribution in [-0.2, 0) is 4.79 Å². The number of hydrogen-bond donors (Lipinski definition) is 2. The van der Waals surface area contributed by atoms with Crippen molar-refractivity contribution in [3.8, 4) is 0 Å². The van der Waals surface area contributed by atoms with Gasteiger partial charge >= 0.3 is 0 Å². The first-order valence-corrected chi connectivity index (χ1v) is 7.50. The molecule has 1 aromatic heterocycles. The molecule has 0 aliphatic rings. The van der Waals surface area contributed by atoms with E-state index < -0.39 is 6.04 Å². The highest BCUT2D eigenvalue weighted by atomic mass is 35.5. The summed E-state index contributed by atoms with van der Waals surface area (Å²) in [6.45, 7) is 0. The summed E-state index contributed by atoms with van der Waals surface area (Å²) in [6, 6.07) is 9.01. The van der Waals surface area contributed by atoms with Gasteiger partial charge in [-0.15, -0.1) is 12.4 Å². The van der Waals surface area contributed by atoms with E-state index in [0.29, 0.717) is 6.42 Å². The van der Waals surface area contributed by atoms with Crippen molar-refractivity contribution in [2.45, 2.75) is 12.5 Å². The number of nitrogens with one attached hydrogen (secondary N) is 1. The summed E-state index contributed by atoms with van der Waals surface area (Å²) in [5, 5.41) is 3.84. The Labute approximate surface area is 128 Å². The second kappa shape index (κ2) is 8.09. The van der Waals surface area contributed by atoms with E-state index in [2.05, 4.69) is 10.3 Å². The lowest BCUT2D eigenvalue weighted by atomic mass is 10.2. The van der Waals surface area contributed by atoms with Crippen molar-refractivity contribution in [2.75, 3.05) is 17.3 Å². The number of benzene rings is 1. The second-order valence-corrected chi connectivity index (χ2v) is 5.27. The van der Waals surface area contributed by atoms with E-state index in [4.69, 9.17) is 5.73 Å². The maximum absolute atomic E-state index is 11.9. The molecule has 1 amide bonds. The molecule has 0 fully saturated rings. The summed E-state index contributed by atoms with van der Waals surface area (Å²) in [6.07, 6.45) is 4.43. The van der Waals surface area contributed by atoms with Crippen LogP contribution >= 0.6 is 24.2 Å². The molecule has 2 aromatic rings. The van der Waals surface area contributed by atoms with Crippen molar-refractivity contribution < 1.29 is 4.79 Å². The third kappa shape index (κ3) is 4.37. The second-order valence-electron chi connectivity index (χ2n) is 4.29. The normalized spacial score (nSPS) is 11.7. The summed E-state index contributed by atoms with van der Waals surface area (Å²) in [5.41, 5.74) is 7.49. The Morgan fingerprint density at radius 2 is 2.25 bits per heavy atom. The molecule has 1 heterocycles. The number of anilines is 1. The first-order chi connectivity index (χ1) is 9.20. The molecule has 1 atom stereocenters. The third-order valence-electron chi connectivity index (χ3n) is 2.84. The average molecular weight is 312 g/mol. The SMILES string of the molecule is CSCC[C@H](N)C(=O)Nc1ccc2ncccc2c1.Cl. The van der Waals surface area contributed by atoms with Gasteiger partial charge in [-0.3, -0.25) is 9.78 Å². The van der Waals surface area contributed by atoms with Crippen LogP contribution in [0, 0.1) is 0 Å². The van der Waals surface area contributed by atoms with Crippen LogP contribution in [0.15, 0.2) is 36.5 Å². The highest BCUT2D eigenvalue weighted by Crippen LogP contribution is 2.17. The minimum atomic E-state index is -0.461. The van der Waals surface area contributed by atoms with Crippen LogP contribution in [-0.4, -0.2) is 28.9 Å². The summed E-state index contributed by atoms with van der Waals surface area (Å²) < 4.78 is 0. The van der Waals surface area contributed by atoms with Gasteiger partial charge in [-0.25, -0.2) is 0 Å². The lowest BCUT2D eigenvalue weighted by Gasteiger charge is -2.12. The highest BCUT2D eigenvalue weighted by molar-refractivity contribution is 7.98. The van der Waals surface area contributed by atoms with Crippen molar-refractivity contribution in [1.29, 1.82) is 0 Å². The first-order valence-electron chi connectivity index (χ1n) is 6.11. The summed E-state index contributed by atoms with van der Waals surface area (Å²) in [7, 11) is 0. The lowest BCUT2D eigenvalue weighted by Crippen LogP contribution is -2.36. The van der Waals surface area contributed by atoms with Crippen LogP contribution in [0.2, 0.25) is 0 Å². The number of nitrogens with zero attached hydrogens (tertiary/aromatic N) is 1. The zero-order valence-electron chi connectivity index (χ0n) is 11.2. The predicted molar refractivity (Wildman–Crippen MR) is 88.6 cm³/mol. The van der Waals surface area contributed by atoms with E-state index in [-0.39, 0.29) is 18.3 Å². The Hall–Kier alpha value is -1.30. The van der Waals surface area contributed by atoms with Crippen LogP contribution < -0.4 is 11.1 Å². The molecule has 20 heavy (non-hydrogen) atoms. The van der Waals surface area contributed by atoms with Gasteiger partial charge in [0.15, 0.2) is 0 Å². The molecule has 6 heteroatoms. The maximum Gasteiger partial charge on any atom is 0.241 e. The molecule has 2 rings (SSSR count). The van der Waals surface area contributed by atoms with Crippen LogP contribution in [0.3, 0.4) is 0 Å². The molecule has 0 saturated carbocycles. The number of hydrogen-bond acceptors (Lipinski definition) is 4. The van der Waals surface area contributed by atoms with Gasteiger partial charge in [0.2, 0.25) is 5.91 Å². The molecular formula is C14H18ClN3OS. The number of amides is 1. The Morgan fingerprint density at radius 1 is 1.45 bits per heavy atom. The number of carbonyl (C=O) groups is 1. The van der Waals surface area contributed by atoms with Gasteiger partial charge in [-0.1, -0.05) is 6.07 Å². The molecule has 108 valence electrons. The van der Waals surface area contributed by atoms with Crippen LogP contribution in [0.4, 0.5) is 5.69 Å². The first kappa shape index (κ1) is 16.8. The highest BCUT2D eigenvalue weighted by Gasteiger charge is 2.13. The lowest BCUT2D eigenvalue weighted by molar-refractivity contribution is -0.117. The fourth-order valence-electron chi connectivity index (χ4n) is 1.76. The molecular weight excluding hydrogens is 294 g/mol. The van der Waals surface area contributed by atoms with E-state index in [1.54, 1.807) is 18.0 Å². The van der Waals surface area contributed by atoms with E-state index in [1.807, 2.05) is 36.6 Å². The zero-order chi connectivity index (χ0) is 13.7. The molecule has 0 unspecified atom stereocenters. The quantitative estimate of drug-likeness (QED) is 0.891. The fraction of sp³-hybridized carbons (Fsp3) is 0.286. The zero-order valence-corrected chi connectivity index (χ0v) is 12.8. The molecule has 4 nitrogen and oxygen atoms in total. The van der Waals surface area contributed by atoms with Crippen molar-refractivity contribution in [1.82, 2.24) is 4.98 Å².